The van der Waals surface area contributed by atoms with E-state index < -0.39 is 0 Å². The lowest BCUT2D eigenvalue weighted by atomic mass is 9.82. The molecule has 4 heteroatoms. The molecule has 2 aliphatic rings. The molecule has 0 N–H and O–H groups in total. The first-order valence-electron chi connectivity index (χ1n) is 8.64. The van der Waals surface area contributed by atoms with Crippen LogP contribution >= 0.6 is 34.2 Å². The molecule has 1 saturated carbocycles. The highest BCUT2D eigenvalue weighted by atomic mass is 127. The zero-order valence-electron chi connectivity index (χ0n) is 14.3. The van der Waals surface area contributed by atoms with Crippen molar-refractivity contribution in [3.8, 4) is 11.1 Å². The number of hydrogen-bond acceptors (Lipinski definition) is 2. The molecule has 2 atom stereocenters. The number of allylic oxidation sites excluding steroid dienone is 2. The van der Waals surface area contributed by atoms with E-state index in [1.165, 1.54) is 3.58 Å². The molecular formula is C21H19ClINO. The van der Waals surface area contributed by atoms with E-state index in [2.05, 4.69) is 52.7 Å². The number of rotatable bonds is 2. The molecule has 1 heterocycles. The lowest BCUT2D eigenvalue weighted by Gasteiger charge is -2.24. The van der Waals surface area contributed by atoms with E-state index in [1.807, 2.05) is 19.1 Å². The number of nitrogens with zero attached hydrogens (tertiary/aromatic N) is 1. The summed E-state index contributed by atoms with van der Waals surface area (Å²) >= 11 is 8.41. The zero-order chi connectivity index (χ0) is 17.7. The predicted octanol–water partition coefficient (Wildman–Crippen LogP) is 6.16. The average Bonchev–Trinajstić information content (AvgIpc) is 3.02. The molecule has 0 aliphatic heterocycles. The summed E-state index contributed by atoms with van der Waals surface area (Å²) in [6.45, 7) is 4.06. The zero-order valence-corrected chi connectivity index (χ0v) is 17.2. The number of Topliss-reactive ketones (excluding diaryl/α,β-unsaturated/α-hetero) is 1. The normalized spacial score (nSPS) is 22.6. The van der Waals surface area contributed by atoms with Crippen molar-refractivity contribution < 1.29 is 4.79 Å². The van der Waals surface area contributed by atoms with Gasteiger partial charge in [0.05, 0.1) is 0 Å². The predicted molar refractivity (Wildman–Crippen MR) is 111 cm³/mol. The molecule has 0 spiro atoms. The molecule has 0 saturated heterocycles. The molecule has 4 rings (SSSR count). The third-order valence-corrected chi connectivity index (χ3v) is 7.15. The number of fused-ring (bicyclic) bond motifs is 2. The summed E-state index contributed by atoms with van der Waals surface area (Å²) in [6.07, 6.45) is 3.23. The molecule has 2 nitrogen and oxygen atoms in total. The summed E-state index contributed by atoms with van der Waals surface area (Å²) < 4.78 is 1.25. The van der Waals surface area contributed by atoms with Crippen molar-refractivity contribution in [1.82, 2.24) is 4.98 Å². The van der Waals surface area contributed by atoms with Gasteiger partial charge in [0, 0.05) is 26.3 Å². The van der Waals surface area contributed by atoms with Crippen molar-refractivity contribution in [3.63, 3.8) is 0 Å². The van der Waals surface area contributed by atoms with Gasteiger partial charge in [-0.1, -0.05) is 23.7 Å². The molecule has 1 aromatic heterocycles. The Morgan fingerprint density at radius 3 is 2.60 bits per heavy atom. The van der Waals surface area contributed by atoms with E-state index in [0.29, 0.717) is 16.9 Å². The first-order valence-corrected chi connectivity index (χ1v) is 10.1. The highest BCUT2D eigenvalue weighted by Crippen LogP contribution is 2.49. The maximum absolute atomic E-state index is 13.0. The van der Waals surface area contributed by atoms with Gasteiger partial charge in [-0.2, -0.15) is 0 Å². The van der Waals surface area contributed by atoms with E-state index in [0.717, 1.165) is 52.8 Å². The number of aromatic nitrogens is 1. The Balaban J connectivity index is 1.86. The van der Waals surface area contributed by atoms with Crippen molar-refractivity contribution in [1.29, 1.82) is 0 Å². The average molecular weight is 464 g/mol. The van der Waals surface area contributed by atoms with Crippen molar-refractivity contribution in [2.75, 3.05) is 0 Å². The molecule has 1 aromatic carbocycles. The summed E-state index contributed by atoms with van der Waals surface area (Å²) in [6, 6.07) is 10.2. The van der Waals surface area contributed by atoms with Crippen LogP contribution in [0.1, 0.15) is 36.1 Å². The maximum atomic E-state index is 13.0. The van der Waals surface area contributed by atoms with Crippen LogP contribution in [0.3, 0.4) is 0 Å². The molecule has 25 heavy (non-hydrogen) atoms. The highest BCUT2D eigenvalue weighted by molar-refractivity contribution is 14.1. The number of hydrogen-bond donors (Lipinski definition) is 0. The van der Waals surface area contributed by atoms with Crippen LogP contribution in [0, 0.1) is 25.7 Å². The molecule has 2 bridgehead atoms. The number of halogens is 2. The second kappa shape index (κ2) is 6.51. The van der Waals surface area contributed by atoms with Crippen LogP contribution in [-0.4, -0.2) is 10.8 Å². The van der Waals surface area contributed by atoms with Crippen LogP contribution in [0.25, 0.3) is 16.7 Å². The summed E-state index contributed by atoms with van der Waals surface area (Å²) in [4.78, 5) is 17.4. The lowest BCUT2D eigenvalue weighted by Crippen LogP contribution is -2.20. The van der Waals surface area contributed by atoms with E-state index in [9.17, 15) is 4.79 Å². The molecule has 0 unspecified atom stereocenters. The van der Waals surface area contributed by atoms with Crippen LogP contribution in [0.15, 0.2) is 33.9 Å². The summed E-state index contributed by atoms with van der Waals surface area (Å²) in [5.74, 6) is 1.13. The standard InChI is InChI=1S/C21H19ClINO/c1-11-3-4-13(16-7-8-18(22)24-12(16)2)10-17(11)19-20(23)14-5-6-15(9-14)21(19)25/h3-4,7-8,10,14-15H,5-6,9H2,1-2H3/t14-,15+/m0/s1. The van der Waals surface area contributed by atoms with Gasteiger partial charge in [-0.05, 0) is 96.5 Å². The SMILES string of the molecule is Cc1ccc(-c2ccc(Cl)nc2C)cc1C1=C(I)[C@H]2CC[C@H](C2)C1=O. The molecule has 2 aromatic rings. The summed E-state index contributed by atoms with van der Waals surface area (Å²) in [5, 5.41) is 0.505. The Kier molecular flexibility index (Phi) is 4.49. The molecule has 1 fully saturated rings. The Bertz CT molecular complexity index is 918. The molecule has 0 amide bonds. The van der Waals surface area contributed by atoms with Gasteiger partial charge in [0.25, 0.3) is 0 Å². The van der Waals surface area contributed by atoms with Gasteiger partial charge in [0.15, 0.2) is 5.78 Å². The third-order valence-electron chi connectivity index (χ3n) is 5.52. The molecule has 0 radical (unpaired) electrons. The lowest BCUT2D eigenvalue weighted by molar-refractivity contribution is -0.117. The Morgan fingerprint density at radius 2 is 1.84 bits per heavy atom. The summed E-state index contributed by atoms with van der Waals surface area (Å²) in [7, 11) is 0. The van der Waals surface area contributed by atoms with Crippen LogP contribution in [0.5, 0.6) is 0 Å². The first kappa shape index (κ1) is 17.2. The van der Waals surface area contributed by atoms with Gasteiger partial charge >= 0.3 is 0 Å². The number of aryl methyl sites for hydroxylation is 2. The number of pyridine rings is 1. The minimum Gasteiger partial charge on any atom is -0.294 e. The Labute approximate surface area is 166 Å². The van der Waals surface area contributed by atoms with Crippen LogP contribution in [0.4, 0.5) is 0 Å². The van der Waals surface area contributed by atoms with E-state index in [4.69, 9.17) is 11.6 Å². The van der Waals surface area contributed by atoms with Crippen LogP contribution in [-0.2, 0) is 4.79 Å². The fraction of sp³-hybridized carbons (Fsp3) is 0.333. The molecule has 128 valence electrons. The third kappa shape index (κ3) is 2.95. The largest absolute Gasteiger partial charge is 0.294 e. The maximum Gasteiger partial charge on any atom is 0.167 e. The Hall–Kier alpha value is -1.20. The monoisotopic (exact) mass is 463 g/mol. The molecule has 2 aliphatic carbocycles. The number of benzene rings is 1. The first-order chi connectivity index (χ1) is 12.0. The fourth-order valence-electron chi connectivity index (χ4n) is 4.13. The minimum atomic E-state index is 0.223. The summed E-state index contributed by atoms with van der Waals surface area (Å²) in [5.41, 5.74) is 6.25. The second-order valence-electron chi connectivity index (χ2n) is 7.09. The van der Waals surface area contributed by atoms with Crippen molar-refractivity contribution in [3.05, 3.63) is 55.9 Å². The topological polar surface area (TPSA) is 30.0 Å². The number of carbonyl (C=O) groups excluding carboxylic acids is 1. The Morgan fingerprint density at radius 1 is 1.08 bits per heavy atom. The van der Waals surface area contributed by atoms with E-state index >= 15 is 0 Å². The van der Waals surface area contributed by atoms with E-state index in [-0.39, 0.29) is 5.92 Å². The highest BCUT2D eigenvalue weighted by Gasteiger charge is 2.40. The smallest absolute Gasteiger partial charge is 0.167 e. The van der Waals surface area contributed by atoms with Gasteiger partial charge in [0.1, 0.15) is 5.15 Å². The van der Waals surface area contributed by atoms with Crippen molar-refractivity contribution in [2.45, 2.75) is 33.1 Å². The van der Waals surface area contributed by atoms with Crippen LogP contribution in [0.2, 0.25) is 5.15 Å². The van der Waals surface area contributed by atoms with Gasteiger partial charge in [-0.3, -0.25) is 4.79 Å². The van der Waals surface area contributed by atoms with E-state index in [1.54, 1.807) is 0 Å². The number of carbonyl (C=O) groups is 1. The van der Waals surface area contributed by atoms with Crippen LogP contribution < -0.4 is 0 Å². The number of ketones is 1. The molecular weight excluding hydrogens is 445 g/mol. The van der Waals surface area contributed by atoms with Gasteiger partial charge in [-0.15, -0.1) is 0 Å². The van der Waals surface area contributed by atoms with Crippen molar-refractivity contribution >= 4 is 45.5 Å². The van der Waals surface area contributed by atoms with Crippen molar-refractivity contribution in [2.24, 2.45) is 11.8 Å². The van der Waals surface area contributed by atoms with Gasteiger partial charge < -0.3 is 0 Å². The quantitative estimate of drug-likeness (QED) is 0.394. The second-order valence-corrected chi connectivity index (χ2v) is 8.64. The fourth-order valence-corrected chi connectivity index (χ4v) is 5.44. The minimum absolute atomic E-state index is 0.223. The van der Waals surface area contributed by atoms with Gasteiger partial charge in [0.2, 0.25) is 0 Å². The van der Waals surface area contributed by atoms with Gasteiger partial charge in [-0.25, -0.2) is 4.98 Å².